The Kier molecular flexibility index (Phi) is 6.18. The summed E-state index contributed by atoms with van der Waals surface area (Å²) in [6.07, 6.45) is 0. The highest BCUT2D eigenvalue weighted by molar-refractivity contribution is 5.94. The SMILES string of the molecule is COCCN(C)CCNC(=O)c1ccc(O)cc1. The van der Waals surface area contributed by atoms with Crippen molar-refractivity contribution in [3.63, 3.8) is 0 Å². The molecule has 0 atom stereocenters. The summed E-state index contributed by atoms with van der Waals surface area (Å²) in [4.78, 5) is 13.8. The van der Waals surface area contributed by atoms with Crippen molar-refractivity contribution in [3.05, 3.63) is 29.8 Å². The Balaban J connectivity index is 2.27. The summed E-state index contributed by atoms with van der Waals surface area (Å²) in [7, 11) is 3.65. The Labute approximate surface area is 107 Å². The molecule has 5 heteroatoms. The Morgan fingerprint density at radius 2 is 2.00 bits per heavy atom. The monoisotopic (exact) mass is 252 g/mol. The van der Waals surface area contributed by atoms with Crippen LogP contribution >= 0.6 is 0 Å². The lowest BCUT2D eigenvalue weighted by Gasteiger charge is -2.16. The fraction of sp³-hybridized carbons (Fsp3) is 0.462. The van der Waals surface area contributed by atoms with E-state index in [1.165, 1.54) is 12.1 Å². The first-order valence-corrected chi connectivity index (χ1v) is 5.88. The van der Waals surface area contributed by atoms with E-state index in [-0.39, 0.29) is 11.7 Å². The topological polar surface area (TPSA) is 61.8 Å². The van der Waals surface area contributed by atoms with Gasteiger partial charge in [0, 0.05) is 32.3 Å². The molecule has 5 nitrogen and oxygen atoms in total. The lowest BCUT2D eigenvalue weighted by molar-refractivity contribution is 0.0947. The van der Waals surface area contributed by atoms with Crippen LogP contribution in [0.3, 0.4) is 0 Å². The zero-order valence-electron chi connectivity index (χ0n) is 10.8. The van der Waals surface area contributed by atoms with Gasteiger partial charge < -0.3 is 20.1 Å². The summed E-state index contributed by atoms with van der Waals surface area (Å²) in [5.41, 5.74) is 0.548. The molecule has 0 spiro atoms. The molecule has 0 saturated heterocycles. The first-order chi connectivity index (χ1) is 8.63. The second kappa shape index (κ2) is 7.68. The molecule has 1 aromatic carbocycles. The van der Waals surface area contributed by atoms with Crippen molar-refractivity contribution in [1.82, 2.24) is 10.2 Å². The fourth-order valence-corrected chi connectivity index (χ4v) is 1.43. The maximum absolute atomic E-state index is 11.7. The molecule has 1 aromatic rings. The van der Waals surface area contributed by atoms with Crippen LogP contribution in [0.1, 0.15) is 10.4 Å². The molecule has 0 radical (unpaired) electrons. The molecule has 100 valence electrons. The third-order valence-electron chi connectivity index (χ3n) is 2.59. The summed E-state index contributed by atoms with van der Waals surface area (Å²) in [6.45, 7) is 2.88. The Hall–Kier alpha value is -1.59. The number of ether oxygens (including phenoxy) is 1. The fourth-order valence-electron chi connectivity index (χ4n) is 1.43. The summed E-state index contributed by atoms with van der Waals surface area (Å²) in [6, 6.07) is 6.19. The van der Waals surface area contributed by atoms with Crippen molar-refractivity contribution in [2.45, 2.75) is 0 Å². The van der Waals surface area contributed by atoms with Gasteiger partial charge in [0.1, 0.15) is 5.75 Å². The van der Waals surface area contributed by atoms with Crippen LogP contribution in [0.15, 0.2) is 24.3 Å². The maximum Gasteiger partial charge on any atom is 0.251 e. The number of rotatable bonds is 7. The molecule has 0 saturated carbocycles. The molecule has 0 aliphatic heterocycles. The van der Waals surface area contributed by atoms with Crippen LogP contribution in [0.5, 0.6) is 5.75 Å². The van der Waals surface area contributed by atoms with Gasteiger partial charge in [-0.3, -0.25) is 4.79 Å². The molecular weight excluding hydrogens is 232 g/mol. The predicted octanol–water partition coefficient (Wildman–Crippen LogP) is 0.700. The smallest absolute Gasteiger partial charge is 0.251 e. The molecule has 0 aliphatic carbocycles. The van der Waals surface area contributed by atoms with Crippen LogP contribution in [-0.4, -0.2) is 56.3 Å². The average molecular weight is 252 g/mol. The summed E-state index contributed by atoms with van der Waals surface area (Å²) in [5.74, 6) is 0.0287. The van der Waals surface area contributed by atoms with Gasteiger partial charge in [0.2, 0.25) is 0 Å². The third-order valence-corrected chi connectivity index (χ3v) is 2.59. The largest absolute Gasteiger partial charge is 0.508 e. The molecule has 1 rings (SSSR count). The number of phenolic OH excluding ortho intramolecular Hbond substituents is 1. The number of phenols is 1. The van der Waals surface area contributed by atoms with Gasteiger partial charge in [-0.25, -0.2) is 0 Å². The van der Waals surface area contributed by atoms with Crippen molar-refractivity contribution in [3.8, 4) is 5.75 Å². The number of hydrogen-bond acceptors (Lipinski definition) is 4. The second-order valence-corrected chi connectivity index (χ2v) is 4.10. The molecule has 0 fully saturated rings. The van der Waals surface area contributed by atoms with E-state index >= 15 is 0 Å². The van der Waals surface area contributed by atoms with E-state index in [0.29, 0.717) is 18.7 Å². The number of aromatic hydroxyl groups is 1. The molecule has 2 N–H and O–H groups in total. The zero-order chi connectivity index (χ0) is 13.4. The van der Waals surface area contributed by atoms with Gasteiger partial charge in [-0.05, 0) is 31.3 Å². The van der Waals surface area contributed by atoms with Gasteiger partial charge in [-0.15, -0.1) is 0 Å². The maximum atomic E-state index is 11.7. The molecule has 18 heavy (non-hydrogen) atoms. The van der Waals surface area contributed by atoms with Crippen molar-refractivity contribution < 1.29 is 14.6 Å². The zero-order valence-corrected chi connectivity index (χ0v) is 10.8. The molecule has 0 bridgehead atoms. The standard InChI is InChI=1S/C13H20N2O3/c1-15(9-10-18-2)8-7-14-13(17)11-3-5-12(16)6-4-11/h3-6,16H,7-10H2,1-2H3,(H,14,17). The first kappa shape index (κ1) is 14.5. The Bertz CT molecular complexity index is 365. The van der Waals surface area contributed by atoms with Gasteiger partial charge in [-0.1, -0.05) is 0 Å². The predicted molar refractivity (Wildman–Crippen MR) is 69.8 cm³/mol. The van der Waals surface area contributed by atoms with E-state index in [1.807, 2.05) is 7.05 Å². The number of benzene rings is 1. The van der Waals surface area contributed by atoms with Crippen molar-refractivity contribution >= 4 is 5.91 Å². The summed E-state index contributed by atoms with van der Waals surface area (Å²) >= 11 is 0. The van der Waals surface area contributed by atoms with E-state index in [9.17, 15) is 4.79 Å². The summed E-state index contributed by atoms with van der Waals surface area (Å²) in [5, 5.41) is 11.9. The molecule has 0 aromatic heterocycles. The van der Waals surface area contributed by atoms with Gasteiger partial charge in [0.25, 0.3) is 5.91 Å². The van der Waals surface area contributed by atoms with E-state index in [4.69, 9.17) is 9.84 Å². The van der Waals surface area contributed by atoms with Crippen molar-refractivity contribution in [2.75, 3.05) is 40.4 Å². The molecule has 1 amide bonds. The minimum atomic E-state index is -0.129. The Morgan fingerprint density at radius 3 is 2.61 bits per heavy atom. The van der Waals surface area contributed by atoms with E-state index in [2.05, 4.69) is 10.2 Å². The third kappa shape index (κ3) is 5.16. The lowest BCUT2D eigenvalue weighted by atomic mass is 10.2. The van der Waals surface area contributed by atoms with E-state index < -0.39 is 0 Å². The normalized spacial score (nSPS) is 10.6. The number of likely N-dealkylation sites (N-methyl/N-ethyl adjacent to an activating group) is 1. The molecule has 0 unspecified atom stereocenters. The average Bonchev–Trinajstić information content (AvgIpc) is 2.37. The number of carbonyl (C=O) groups excluding carboxylic acids is 1. The number of amides is 1. The minimum Gasteiger partial charge on any atom is -0.508 e. The van der Waals surface area contributed by atoms with Crippen LogP contribution in [-0.2, 0) is 4.74 Å². The van der Waals surface area contributed by atoms with E-state index in [0.717, 1.165) is 13.1 Å². The van der Waals surface area contributed by atoms with Gasteiger partial charge in [0.05, 0.1) is 6.61 Å². The lowest BCUT2D eigenvalue weighted by Crippen LogP contribution is -2.34. The number of hydrogen-bond donors (Lipinski definition) is 2. The van der Waals surface area contributed by atoms with Gasteiger partial charge >= 0.3 is 0 Å². The van der Waals surface area contributed by atoms with Crippen LogP contribution in [0.2, 0.25) is 0 Å². The second-order valence-electron chi connectivity index (χ2n) is 4.10. The van der Waals surface area contributed by atoms with Crippen molar-refractivity contribution in [2.24, 2.45) is 0 Å². The number of methoxy groups -OCH3 is 1. The van der Waals surface area contributed by atoms with E-state index in [1.54, 1.807) is 19.2 Å². The number of nitrogens with zero attached hydrogens (tertiary/aromatic N) is 1. The number of carbonyl (C=O) groups is 1. The number of nitrogens with one attached hydrogen (secondary N) is 1. The highest BCUT2D eigenvalue weighted by Gasteiger charge is 2.05. The van der Waals surface area contributed by atoms with Gasteiger partial charge in [-0.2, -0.15) is 0 Å². The highest BCUT2D eigenvalue weighted by Crippen LogP contribution is 2.09. The molecular formula is C13H20N2O3. The highest BCUT2D eigenvalue weighted by atomic mass is 16.5. The van der Waals surface area contributed by atoms with Crippen LogP contribution in [0, 0.1) is 0 Å². The molecule has 0 heterocycles. The Morgan fingerprint density at radius 1 is 1.33 bits per heavy atom. The summed E-state index contributed by atoms with van der Waals surface area (Å²) < 4.78 is 4.97. The van der Waals surface area contributed by atoms with Gasteiger partial charge in [0.15, 0.2) is 0 Å². The first-order valence-electron chi connectivity index (χ1n) is 5.88. The van der Waals surface area contributed by atoms with Crippen molar-refractivity contribution in [1.29, 1.82) is 0 Å². The van der Waals surface area contributed by atoms with Crippen LogP contribution in [0.25, 0.3) is 0 Å². The quantitative estimate of drug-likeness (QED) is 0.750. The minimum absolute atomic E-state index is 0.129. The van der Waals surface area contributed by atoms with Crippen LogP contribution in [0.4, 0.5) is 0 Å². The molecule has 0 aliphatic rings. The van der Waals surface area contributed by atoms with Crippen LogP contribution < -0.4 is 5.32 Å².